The Hall–Kier alpha value is -4.04. The predicted octanol–water partition coefficient (Wildman–Crippen LogP) is 4.40. The van der Waals surface area contributed by atoms with E-state index in [9.17, 15) is 24.9 Å². The number of amides is 1. The number of aliphatic carboxylic acids is 1. The Morgan fingerprint density at radius 3 is 2.25 bits per heavy atom. The number of phenolic OH excluding ortho intramolecular Hbond substituents is 2. The standard InChI is InChI=1S/C24H18N2O5S/c27-18-12-11-16(20(28)14-18)13-19-22(29)26(17-9-5-2-6-10-17)24(25-19)32-21(23(30)31)15-7-3-1-4-8-15/h1-14,21,27-28H,(H,30,31)/b19-13+. The van der Waals surface area contributed by atoms with Crippen molar-refractivity contribution < 1.29 is 24.9 Å². The van der Waals surface area contributed by atoms with Crippen LogP contribution in [0.2, 0.25) is 0 Å². The second-order valence-electron chi connectivity index (χ2n) is 6.89. The first-order valence-electron chi connectivity index (χ1n) is 9.60. The Labute approximate surface area is 188 Å². The summed E-state index contributed by atoms with van der Waals surface area (Å²) in [4.78, 5) is 31.0. The van der Waals surface area contributed by atoms with Gasteiger partial charge in [-0.2, -0.15) is 0 Å². The molecule has 1 aliphatic rings. The van der Waals surface area contributed by atoms with Gasteiger partial charge < -0.3 is 15.3 Å². The van der Waals surface area contributed by atoms with Gasteiger partial charge in [-0.05, 0) is 35.9 Å². The number of carboxylic acid groups (broad SMARTS) is 1. The number of aliphatic imine (C=N–C) groups is 1. The van der Waals surface area contributed by atoms with Crippen LogP contribution < -0.4 is 4.90 Å². The highest BCUT2D eigenvalue weighted by atomic mass is 32.2. The van der Waals surface area contributed by atoms with Gasteiger partial charge in [-0.1, -0.05) is 60.3 Å². The number of anilines is 1. The molecular formula is C24H18N2O5S. The van der Waals surface area contributed by atoms with Gasteiger partial charge in [-0.3, -0.25) is 14.5 Å². The van der Waals surface area contributed by atoms with Crippen LogP contribution in [0.15, 0.2) is 89.6 Å². The van der Waals surface area contributed by atoms with E-state index in [1.165, 1.54) is 23.1 Å². The minimum atomic E-state index is -1.06. The molecule has 0 aromatic heterocycles. The van der Waals surface area contributed by atoms with Crippen molar-refractivity contribution >= 4 is 40.6 Å². The van der Waals surface area contributed by atoms with Gasteiger partial charge >= 0.3 is 5.97 Å². The van der Waals surface area contributed by atoms with E-state index in [-0.39, 0.29) is 22.4 Å². The molecule has 160 valence electrons. The molecule has 3 N–H and O–H groups in total. The molecule has 3 aromatic carbocycles. The second kappa shape index (κ2) is 8.99. The van der Waals surface area contributed by atoms with Crippen LogP contribution in [0.4, 0.5) is 5.69 Å². The highest BCUT2D eigenvalue weighted by Gasteiger charge is 2.35. The van der Waals surface area contributed by atoms with Gasteiger partial charge in [-0.15, -0.1) is 0 Å². The zero-order valence-corrected chi connectivity index (χ0v) is 17.4. The molecular weight excluding hydrogens is 428 g/mol. The minimum absolute atomic E-state index is 0.0366. The number of hydrogen-bond acceptors (Lipinski definition) is 6. The summed E-state index contributed by atoms with van der Waals surface area (Å²) in [5, 5.41) is 28.6. The van der Waals surface area contributed by atoms with Crippen LogP contribution in [0.3, 0.4) is 0 Å². The maximum absolute atomic E-state index is 13.2. The van der Waals surface area contributed by atoms with E-state index in [1.54, 1.807) is 54.6 Å². The molecule has 3 aromatic rings. The molecule has 1 amide bonds. The number of carbonyl (C=O) groups excluding carboxylic acids is 1. The van der Waals surface area contributed by atoms with Crippen molar-refractivity contribution in [3.63, 3.8) is 0 Å². The Morgan fingerprint density at radius 1 is 0.969 bits per heavy atom. The molecule has 0 aliphatic carbocycles. The first-order chi connectivity index (χ1) is 15.4. The number of aromatic hydroxyl groups is 2. The number of hydrogen-bond donors (Lipinski definition) is 3. The molecule has 0 saturated heterocycles. The third-order valence-electron chi connectivity index (χ3n) is 4.70. The lowest BCUT2D eigenvalue weighted by molar-refractivity contribution is -0.136. The Bertz CT molecular complexity index is 1230. The lowest BCUT2D eigenvalue weighted by Gasteiger charge is -2.20. The van der Waals surface area contributed by atoms with Crippen molar-refractivity contribution in [2.75, 3.05) is 4.90 Å². The van der Waals surface area contributed by atoms with Gasteiger partial charge in [0.05, 0.1) is 5.69 Å². The maximum atomic E-state index is 13.2. The van der Waals surface area contributed by atoms with E-state index in [4.69, 9.17) is 0 Å². The van der Waals surface area contributed by atoms with E-state index in [0.29, 0.717) is 16.8 Å². The maximum Gasteiger partial charge on any atom is 0.321 e. The average molecular weight is 446 g/mol. The summed E-state index contributed by atoms with van der Waals surface area (Å²) in [6, 6.07) is 21.5. The predicted molar refractivity (Wildman–Crippen MR) is 124 cm³/mol. The Kier molecular flexibility index (Phi) is 5.96. The molecule has 1 aliphatic heterocycles. The van der Waals surface area contributed by atoms with Crippen LogP contribution in [0.1, 0.15) is 16.4 Å². The lowest BCUT2D eigenvalue weighted by atomic mass is 10.1. The molecule has 0 spiro atoms. The zero-order valence-electron chi connectivity index (χ0n) is 16.6. The second-order valence-corrected chi connectivity index (χ2v) is 7.96. The highest BCUT2D eigenvalue weighted by Crippen LogP contribution is 2.37. The Morgan fingerprint density at radius 2 is 1.62 bits per heavy atom. The number of nitrogens with zero attached hydrogens (tertiary/aromatic N) is 2. The molecule has 4 rings (SSSR count). The van der Waals surface area contributed by atoms with E-state index < -0.39 is 17.1 Å². The highest BCUT2D eigenvalue weighted by molar-refractivity contribution is 8.15. The smallest absolute Gasteiger partial charge is 0.321 e. The monoisotopic (exact) mass is 446 g/mol. The summed E-state index contributed by atoms with van der Waals surface area (Å²) in [5.74, 6) is -1.83. The van der Waals surface area contributed by atoms with Crippen molar-refractivity contribution in [1.29, 1.82) is 0 Å². The molecule has 32 heavy (non-hydrogen) atoms. The summed E-state index contributed by atoms with van der Waals surface area (Å²) < 4.78 is 0. The number of benzene rings is 3. The van der Waals surface area contributed by atoms with Gasteiger partial charge in [0.1, 0.15) is 22.4 Å². The number of amidine groups is 1. The molecule has 0 saturated carbocycles. The van der Waals surface area contributed by atoms with Gasteiger partial charge in [0.25, 0.3) is 5.91 Å². The van der Waals surface area contributed by atoms with E-state index in [1.807, 2.05) is 6.07 Å². The van der Waals surface area contributed by atoms with Crippen LogP contribution in [-0.4, -0.2) is 32.4 Å². The van der Waals surface area contributed by atoms with Crippen molar-refractivity contribution in [1.82, 2.24) is 0 Å². The fourth-order valence-electron chi connectivity index (χ4n) is 3.18. The first kappa shape index (κ1) is 21.2. The molecule has 1 heterocycles. The van der Waals surface area contributed by atoms with Gasteiger partial charge in [0, 0.05) is 11.6 Å². The summed E-state index contributed by atoms with van der Waals surface area (Å²) >= 11 is 0.953. The number of phenols is 2. The van der Waals surface area contributed by atoms with Crippen molar-refractivity contribution in [2.24, 2.45) is 4.99 Å². The zero-order chi connectivity index (χ0) is 22.7. The van der Waals surface area contributed by atoms with Gasteiger partial charge in [0.2, 0.25) is 0 Å². The number of carboxylic acids is 1. The molecule has 0 radical (unpaired) electrons. The molecule has 0 bridgehead atoms. The minimum Gasteiger partial charge on any atom is -0.508 e. The van der Waals surface area contributed by atoms with Crippen LogP contribution in [0.25, 0.3) is 6.08 Å². The summed E-state index contributed by atoms with van der Waals surface area (Å²) in [6.45, 7) is 0. The lowest BCUT2D eigenvalue weighted by Crippen LogP contribution is -2.31. The van der Waals surface area contributed by atoms with Gasteiger partial charge in [-0.25, -0.2) is 4.99 Å². The van der Waals surface area contributed by atoms with Crippen LogP contribution in [0, 0.1) is 0 Å². The van der Waals surface area contributed by atoms with Crippen LogP contribution >= 0.6 is 11.8 Å². The SMILES string of the molecule is O=C(O)C(SC1=N/C(=C/c2ccc(O)cc2O)C(=O)N1c1ccccc1)c1ccccc1. The van der Waals surface area contributed by atoms with Gasteiger partial charge in [0.15, 0.2) is 5.17 Å². The van der Waals surface area contributed by atoms with Crippen molar-refractivity contribution in [3.05, 3.63) is 95.7 Å². The van der Waals surface area contributed by atoms with Crippen molar-refractivity contribution in [2.45, 2.75) is 5.25 Å². The third-order valence-corrected chi connectivity index (χ3v) is 5.89. The largest absolute Gasteiger partial charge is 0.508 e. The van der Waals surface area contributed by atoms with E-state index in [2.05, 4.69) is 4.99 Å². The topological polar surface area (TPSA) is 110 Å². The molecule has 0 fully saturated rings. The molecule has 7 nitrogen and oxygen atoms in total. The number of thioether (sulfide) groups is 1. The third kappa shape index (κ3) is 4.35. The summed E-state index contributed by atoms with van der Waals surface area (Å²) in [7, 11) is 0. The number of rotatable bonds is 5. The van der Waals surface area contributed by atoms with E-state index >= 15 is 0 Å². The summed E-state index contributed by atoms with van der Waals surface area (Å²) in [5.41, 5.74) is 1.45. The fourth-order valence-corrected chi connectivity index (χ4v) is 4.23. The number of carbonyl (C=O) groups is 2. The number of para-hydroxylation sites is 1. The first-order valence-corrected chi connectivity index (χ1v) is 10.5. The normalized spacial score (nSPS) is 15.6. The fraction of sp³-hybridized carbons (Fsp3) is 0.0417. The van der Waals surface area contributed by atoms with Crippen LogP contribution in [0.5, 0.6) is 11.5 Å². The van der Waals surface area contributed by atoms with Crippen LogP contribution in [-0.2, 0) is 9.59 Å². The Balaban J connectivity index is 1.77. The van der Waals surface area contributed by atoms with Crippen molar-refractivity contribution in [3.8, 4) is 11.5 Å². The van der Waals surface area contributed by atoms with E-state index in [0.717, 1.165) is 17.8 Å². The average Bonchev–Trinajstić information content (AvgIpc) is 3.09. The quantitative estimate of drug-likeness (QED) is 0.501. The summed E-state index contributed by atoms with van der Waals surface area (Å²) in [6.07, 6.45) is 1.40. The molecule has 1 unspecified atom stereocenters. The molecule has 8 heteroatoms. The molecule has 1 atom stereocenters.